The van der Waals surface area contributed by atoms with Gasteiger partial charge in [0.05, 0.1) is 18.2 Å². The number of hydrogen-bond donors (Lipinski definition) is 3. The highest BCUT2D eigenvalue weighted by Gasteiger charge is 2.41. The summed E-state index contributed by atoms with van der Waals surface area (Å²) >= 11 is 0. The van der Waals surface area contributed by atoms with Crippen LogP contribution in [-0.4, -0.2) is 75.6 Å². The lowest BCUT2D eigenvalue weighted by atomic mass is 9.89. The van der Waals surface area contributed by atoms with Crippen molar-refractivity contribution in [2.45, 2.75) is 103 Å². The third-order valence-corrected chi connectivity index (χ3v) is 10.4. The molecule has 3 N–H and O–H groups in total. The summed E-state index contributed by atoms with van der Waals surface area (Å²) < 4.78 is 0. The summed E-state index contributed by atoms with van der Waals surface area (Å²) in [5, 5.41) is 24.1. The Balaban J connectivity index is 1.55. The number of nitrogens with one attached hydrogen (secondary N) is 1. The molecule has 3 aromatic rings. The molecule has 1 saturated carbocycles. The van der Waals surface area contributed by atoms with Crippen LogP contribution in [0.1, 0.15) is 109 Å². The molecule has 3 amide bonds. The molecule has 49 heavy (non-hydrogen) atoms. The number of aliphatic hydroxyl groups excluding tert-OH is 2. The molecule has 8 heteroatoms. The SMILES string of the molecule is CCC1(N(CCO)C(=O)c2ccccc2CCC(O)Cc2ccc(C)cc2C(=O)N(CCNC(C)=O)C(C)(C)c2ccccc2)CCCC1. The molecule has 1 atom stereocenters. The smallest absolute Gasteiger partial charge is 0.254 e. The van der Waals surface area contributed by atoms with Crippen molar-refractivity contribution < 1.29 is 24.6 Å². The highest BCUT2D eigenvalue weighted by Crippen LogP contribution is 2.39. The van der Waals surface area contributed by atoms with Crippen LogP contribution in [0.25, 0.3) is 0 Å². The number of carbonyl (C=O) groups excluding carboxylic acids is 3. The molecule has 1 aliphatic rings. The zero-order valence-corrected chi connectivity index (χ0v) is 30.0. The first kappa shape index (κ1) is 37.8. The number of aliphatic hydroxyl groups is 2. The maximum absolute atomic E-state index is 14.4. The van der Waals surface area contributed by atoms with Gasteiger partial charge in [-0.3, -0.25) is 14.4 Å². The van der Waals surface area contributed by atoms with Crippen LogP contribution in [0.15, 0.2) is 72.8 Å². The molecule has 3 aromatic carbocycles. The molecule has 0 aliphatic heterocycles. The molecule has 1 unspecified atom stereocenters. The average Bonchev–Trinajstić information content (AvgIpc) is 3.59. The standard InChI is InChI=1S/C41H55N3O5/c1-6-41(22-12-13-23-41)44(26-27-45)38(48)36-17-11-10-14-32(36)20-21-35(47)29-33-19-18-30(2)28-37(33)39(49)43(25-24-42-31(3)46)40(4,5)34-15-8-7-9-16-34/h7-11,14-19,28,35,45,47H,6,12-13,20-27,29H2,1-5H3,(H,42,46). The molecule has 1 aliphatic carbocycles. The summed E-state index contributed by atoms with van der Waals surface area (Å²) in [5.74, 6) is -0.381. The molecule has 0 heterocycles. The first-order valence-electron chi connectivity index (χ1n) is 17.8. The molecule has 0 radical (unpaired) electrons. The number of aryl methyl sites for hydroxylation is 2. The highest BCUT2D eigenvalue weighted by molar-refractivity contribution is 5.97. The van der Waals surface area contributed by atoms with Crippen molar-refractivity contribution in [2.24, 2.45) is 0 Å². The maximum atomic E-state index is 14.4. The molecule has 0 aromatic heterocycles. The number of nitrogens with zero attached hydrogens (tertiary/aromatic N) is 2. The molecule has 4 rings (SSSR count). The zero-order chi connectivity index (χ0) is 35.6. The number of amides is 3. The van der Waals surface area contributed by atoms with E-state index in [1.54, 1.807) is 4.90 Å². The van der Waals surface area contributed by atoms with E-state index in [0.29, 0.717) is 43.6 Å². The minimum Gasteiger partial charge on any atom is -0.395 e. The number of hydrogen-bond acceptors (Lipinski definition) is 5. The fraction of sp³-hybridized carbons (Fsp3) is 0.488. The Morgan fingerprint density at radius 3 is 2.22 bits per heavy atom. The second kappa shape index (κ2) is 17.1. The zero-order valence-electron chi connectivity index (χ0n) is 30.0. The van der Waals surface area contributed by atoms with E-state index < -0.39 is 11.6 Å². The van der Waals surface area contributed by atoms with Crippen LogP contribution in [-0.2, 0) is 23.2 Å². The van der Waals surface area contributed by atoms with Gasteiger partial charge >= 0.3 is 0 Å². The summed E-state index contributed by atoms with van der Waals surface area (Å²) in [6.07, 6.45) is 5.33. The van der Waals surface area contributed by atoms with E-state index in [0.717, 1.165) is 54.4 Å². The van der Waals surface area contributed by atoms with E-state index in [2.05, 4.69) is 12.2 Å². The fourth-order valence-corrected chi connectivity index (χ4v) is 7.47. The minimum absolute atomic E-state index is 0.0605. The summed E-state index contributed by atoms with van der Waals surface area (Å²) in [6.45, 7) is 10.4. The number of rotatable bonds is 16. The van der Waals surface area contributed by atoms with Crippen LogP contribution in [0.4, 0.5) is 0 Å². The third-order valence-electron chi connectivity index (χ3n) is 10.4. The van der Waals surface area contributed by atoms with Gasteiger partial charge in [-0.2, -0.15) is 0 Å². The normalized spacial score (nSPS) is 14.7. The van der Waals surface area contributed by atoms with Gasteiger partial charge in [0, 0.05) is 43.2 Å². The Kier molecular flexibility index (Phi) is 13.2. The van der Waals surface area contributed by atoms with E-state index in [9.17, 15) is 24.6 Å². The maximum Gasteiger partial charge on any atom is 0.254 e. The van der Waals surface area contributed by atoms with Gasteiger partial charge in [-0.05, 0) is 88.1 Å². The van der Waals surface area contributed by atoms with Gasteiger partial charge in [0.15, 0.2) is 0 Å². The molecule has 8 nitrogen and oxygen atoms in total. The van der Waals surface area contributed by atoms with Crippen molar-refractivity contribution in [1.29, 1.82) is 0 Å². The van der Waals surface area contributed by atoms with Gasteiger partial charge in [0.1, 0.15) is 0 Å². The topological polar surface area (TPSA) is 110 Å². The van der Waals surface area contributed by atoms with Crippen molar-refractivity contribution in [2.75, 3.05) is 26.2 Å². The van der Waals surface area contributed by atoms with Crippen molar-refractivity contribution in [1.82, 2.24) is 15.1 Å². The van der Waals surface area contributed by atoms with E-state index >= 15 is 0 Å². The summed E-state index contributed by atoms with van der Waals surface area (Å²) in [7, 11) is 0. The predicted molar refractivity (Wildman–Crippen MR) is 194 cm³/mol. The van der Waals surface area contributed by atoms with Crippen molar-refractivity contribution in [3.63, 3.8) is 0 Å². The first-order chi connectivity index (χ1) is 23.4. The van der Waals surface area contributed by atoms with Gasteiger partial charge < -0.3 is 25.3 Å². The summed E-state index contributed by atoms with van der Waals surface area (Å²) in [6, 6.07) is 23.2. The second-order valence-corrected chi connectivity index (χ2v) is 14.0. The second-order valence-electron chi connectivity index (χ2n) is 14.0. The van der Waals surface area contributed by atoms with E-state index in [1.807, 2.05) is 98.5 Å². The van der Waals surface area contributed by atoms with E-state index in [-0.39, 0.29) is 36.3 Å². The molecule has 0 bridgehead atoms. The van der Waals surface area contributed by atoms with Crippen molar-refractivity contribution in [3.8, 4) is 0 Å². The van der Waals surface area contributed by atoms with Gasteiger partial charge in [-0.1, -0.05) is 86.0 Å². The minimum atomic E-state index is -0.752. The lowest BCUT2D eigenvalue weighted by molar-refractivity contribution is -0.119. The fourth-order valence-electron chi connectivity index (χ4n) is 7.47. The highest BCUT2D eigenvalue weighted by atomic mass is 16.3. The van der Waals surface area contributed by atoms with Crippen molar-refractivity contribution >= 4 is 17.7 Å². The number of carbonyl (C=O) groups is 3. The van der Waals surface area contributed by atoms with Crippen LogP contribution < -0.4 is 5.32 Å². The van der Waals surface area contributed by atoms with Crippen LogP contribution >= 0.6 is 0 Å². The molecule has 1 fully saturated rings. The van der Waals surface area contributed by atoms with Crippen LogP contribution in [0.3, 0.4) is 0 Å². The Bertz CT molecular complexity index is 1560. The molecule has 0 spiro atoms. The van der Waals surface area contributed by atoms with Gasteiger partial charge in [-0.25, -0.2) is 0 Å². The molecule has 0 saturated heterocycles. The summed E-state index contributed by atoms with van der Waals surface area (Å²) in [5.41, 5.74) is 3.78. The Hall–Kier alpha value is -4.01. The lowest BCUT2D eigenvalue weighted by Crippen LogP contribution is -2.51. The van der Waals surface area contributed by atoms with E-state index in [1.165, 1.54) is 6.92 Å². The van der Waals surface area contributed by atoms with Gasteiger partial charge in [-0.15, -0.1) is 0 Å². The first-order valence-corrected chi connectivity index (χ1v) is 17.8. The predicted octanol–water partition coefficient (Wildman–Crippen LogP) is 6.20. The number of β-amino-alcohol motifs (C(OH)–C–C–N with tert-alkyl or cyclic N) is 1. The van der Waals surface area contributed by atoms with Gasteiger partial charge in [0.2, 0.25) is 5.91 Å². The average molecular weight is 670 g/mol. The molecule has 264 valence electrons. The monoisotopic (exact) mass is 669 g/mol. The lowest BCUT2D eigenvalue weighted by Gasteiger charge is -2.41. The largest absolute Gasteiger partial charge is 0.395 e. The van der Waals surface area contributed by atoms with Crippen LogP contribution in [0.2, 0.25) is 0 Å². The molecular weight excluding hydrogens is 614 g/mol. The van der Waals surface area contributed by atoms with E-state index in [4.69, 9.17) is 0 Å². The van der Waals surface area contributed by atoms with Crippen LogP contribution in [0.5, 0.6) is 0 Å². The quantitative estimate of drug-likeness (QED) is 0.168. The summed E-state index contributed by atoms with van der Waals surface area (Å²) in [4.78, 5) is 43.9. The van der Waals surface area contributed by atoms with Crippen LogP contribution in [0, 0.1) is 6.92 Å². The Morgan fingerprint density at radius 1 is 0.898 bits per heavy atom. The van der Waals surface area contributed by atoms with Gasteiger partial charge in [0.25, 0.3) is 11.8 Å². The third kappa shape index (κ3) is 9.17. The number of benzene rings is 3. The Morgan fingerprint density at radius 2 is 1.57 bits per heavy atom. The van der Waals surface area contributed by atoms with Crippen molar-refractivity contribution in [3.05, 3.63) is 106 Å². The molecular formula is C41H55N3O5. The Labute approximate surface area is 292 Å².